The highest BCUT2D eigenvalue weighted by molar-refractivity contribution is 6.30. The number of hydrogen-bond acceptors (Lipinski definition) is 2. The number of nitrogens with one attached hydrogen (secondary N) is 1. The lowest BCUT2D eigenvalue weighted by Gasteiger charge is -2.08. The number of aromatic amines is 1. The van der Waals surface area contributed by atoms with Crippen LogP contribution in [-0.2, 0) is 0 Å². The van der Waals surface area contributed by atoms with E-state index in [0.29, 0.717) is 16.3 Å². The number of H-pyrrole nitrogens is 1. The number of fused-ring (bicyclic) bond motifs is 1. The monoisotopic (exact) mass is 223 g/mol. The molecule has 1 aromatic heterocycles. The Hall–Kier alpha value is -1.32. The second-order valence-electron chi connectivity index (χ2n) is 3.43. The van der Waals surface area contributed by atoms with Crippen molar-refractivity contribution in [2.45, 2.75) is 13.0 Å². The minimum Gasteiger partial charge on any atom is -0.389 e. The smallest absolute Gasteiger partial charge is 0.256 e. The van der Waals surface area contributed by atoms with Gasteiger partial charge in [0.1, 0.15) is 5.15 Å². The van der Waals surface area contributed by atoms with Crippen molar-refractivity contribution in [1.29, 1.82) is 0 Å². The lowest BCUT2D eigenvalue weighted by Crippen LogP contribution is -2.07. The summed E-state index contributed by atoms with van der Waals surface area (Å²) in [6.07, 6.45) is -0.619. The zero-order valence-corrected chi connectivity index (χ0v) is 8.88. The highest BCUT2D eigenvalue weighted by atomic mass is 35.5. The number of aliphatic hydroxyl groups excluding tert-OH is 1. The maximum Gasteiger partial charge on any atom is 0.256 e. The van der Waals surface area contributed by atoms with Crippen molar-refractivity contribution in [2.75, 3.05) is 0 Å². The Morgan fingerprint density at radius 3 is 2.80 bits per heavy atom. The lowest BCUT2D eigenvalue weighted by molar-refractivity contribution is 0.201. The maximum absolute atomic E-state index is 11.6. The molecule has 3 nitrogen and oxygen atoms in total. The molecule has 0 aliphatic heterocycles. The van der Waals surface area contributed by atoms with E-state index in [9.17, 15) is 9.90 Å². The number of aromatic nitrogens is 1. The molecule has 4 heteroatoms. The summed E-state index contributed by atoms with van der Waals surface area (Å²) in [6, 6.07) is 6.88. The summed E-state index contributed by atoms with van der Waals surface area (Å²) in [5.74, 6) is 0. The van der Waals surface area contributed by atoms with Gasteiger partial charge in [-0.3, -0.25) is 4.79 Å². The molecular weight excluding hydrogens is 214 g/mol. The Labute approximate surface area is 91.3 Å². The van der Waals surface area contributed by atoms with Crippen LogP contribution in [-0.4, -0.2) is 10.1 Å². The fourth-order valence-electron chi connectivity index (χ4n) is 1.65. The third kappa shape index (κ3) is 1.76. The molecule has 0 aliphatic carbocycles. The summed E-state index contributed by atoms with van der Waals surface area (Å²) < 4.78 is 0. The van der Waals surface area contributed by atoms with Crippen molar-refractivity contribution < 1.29 is 5.11 Å². The fraction of sp³-hybridized carbons (Fsp3) is 0.182. The first-order valence-electron chi connectivity index (χ1n) is 4.59. The molecule has 0 amide bonds. The van der Waals surface area contributed by atoms with Gasteiger partial charge in [-0.05, 0) is 30.0 Å². The first-order valence-corrected chi connectivity index (χ1v) is 4.97. The van der Waals surface area contributed by atoms with Crippen LogP contribution in [0.3, 0.4) is 0 Å². The fourth-order valence-corrected chi connectivity index (χ4v) is 1.84. The summed E-state index contributed by atoms with van der Waals surface area (Å²) in [5, 5.41) is 11.1. The number of pyridine rings is 1. The van der Waals surface area contributed by atoms with Crippen LogP contribution in [0.2, 0.25) is 5.15 Å². The van der Waals surface area contributed by atoms with Crippen molar-refractivity contribution in [3.8, 4) is 0 Å². The standard InChI is InChI=1S/C11H10ClNO2/c1-6(14)7-3-2-4-8-9(7)5-10(12)13-11(8)15/h2-6,14H,1H3,(H,13,15). The quantitative estimate of drug-likeness (QED) is 0.729. The normalized spacial score (nSPS) is 13.0. The van der Waals surface area contributed by atoms with E-state index in [1.54, 1.807) is 31.2 Å². The molecule has 0 spiro atoms. The van der Waals surface area contributed by atoms with Crippen LogP contribution in [0.1, 0.15) is 18.6 Å². The molecule has 1 heterocycles. The Morgan fingerprint density at radius 1 is 1.40 bits per heavy atom. The second-order valence-corrected chi connectivity index (χ2v) is 3.84. The Balaban J connectivity index is 2.91. The van der Waals surface area contributed by atoms with Gasteiger partial charge in [0.15, 0.2) is 0 Å². The van der Waals surface area contributed by atoms with Crippen molar-refractivity contribution in [1.82, 2.24) is 4.98 Å². The minimum atomic E-state index is -0.619. The maximum atomic E-state index is 11.6. The van der Waals surface area contributed by atoms with E-state index in [1.807, 2.05) is 0 Å². The molecule has 0 saturated heterocycles. The number of hydrogen-bond donors (Lipinski definition) is 2. The molecular formula is C11H10ClNO2. The van der Waals surface area contributed by atoms with Gasteiger partial charge in [-0.2, -0.15) is 0 Å². The van der Waals surface area contributed by atoms with E-state index in [-0.39, 0.29) is 10.7 Å². The molecule has 0 radical (unpaired) electrons. The average molecular weight is 224 g/mol. The molecule has 78 valence electrons. The highest BCUT2D eigenvalue weighted by Crippen LogP contribution is 2.23. The van der Waals surface area contributed by atoms with Crippen molar-refractivity contribution in [3.05, 3.63) is 45.3 Å². The van der Waals surface area contributed by atoms with Crippen molar-refractivity contribution in [2.24, 2.45) is 0 Å². The summed E-state index contributed by atoms with van der Waals surface area (Å²) in [4.78, 5) is 14.1. The first kappa shape index (κ1) is 10.2. The molecule has 2 rings (SSSR count). The predicted octanol–water partition coefficient (Wildman–Crippen LogP) is 2.23. The molecule has 1 unspecified atom stereocenters. The van der Waals surface area contributed by atoms with Crippen LogP contribution in [0.4, 0.5) is 0 Å². The SMILES string of the molecule is CC(O)c1cccc2c(=O)[nH]c(Cl)cc12. The van der Waals surface area contributed by atoms with Crippen LogP contribution < -0.4 is 5.56 Å². The van der Waals surface area contributed by atoms with Crippen LogP contribution in [0.5, 0.6) is 0 Å². The zero-order chi connectivity index (χ0) is 11.0. The third-order valence-electron chi connectivity index (χ3n) is 2.34. The number of benzene rings is 1. The van der Waals surface area contributed by atoms with E-state index < -0.39 is 6.10 Å². The number of rotatable bonds is 1. The van der Waals surface area contributed by atoms with Gasteiger partial charge in [-0.25, -0.2) is 0 Å². The molecule has 0 saturated carbocycles. The van der Waals surface area contributed by atoms with Crippen LogP contribution in [0, 0.1) is 0 Å². The number of aliphatic hydroxyl groups is 1. The second kappa shape index (κ2) is 3.68. The van der Waals surface area contributed by atoms with E-state index in [0.717, 1.165) is 0 Å². The molecule has 2 aromatic rings. The predicted molar refractivity (Wildman–Crippen MR) is 60.2 cm³/mol. The van der Waals surface area contributed by atoms with Gasteiger partial charge in [0.25, 0.3) is 5.56 Å². The largest absolute Gasteiger partial charge is 0.389 e. The van der Waals surface area contributed by atoms with E-state index in [4.69, 9.17) is 11.6 Å². The lowest BCUT2D eigenvalue weighted by atomic mass is 10.0. The van der Waals surface area contributed by atoms with Gasteiger partial charge in [-0.1, -0.05) is 23.7 Å². The summed E-state index contributed by atoms with van der Waals surface area (Å²) in [6.45, 7) is 1.66. The van der Waals surface area contributed by atoms with Gasteiger partial charge < -0.3 is 10.1 Å². The first-order chi connectivity index (χ1) is 7.09. The van der Waals surface area contributed by atoms with Gasteiger partial charge in [0.2, 0.25) is 0 Å². The average Bonchev–Trinajstić information content (AvgIpc) is 2.16. The van der Waals surface area contributed by atoms with Gasteiger partial charge in [0, 0.05) is 5.39 Å². The summed E-state index contributed by atoms with van der Waals surface area (Å²) in [7, 11) is 0. The van der Waals surface area contributed by atoms with Crippen LogP contribution in [0.25, 0.3) is 10.8 Å². The van der Waals surface area contributed by atoms with Gasteiger partial charge in [-0.15, -0.1) is 0 Å². The Kier molecular flexibility index (Phi) is 2.50. The van der Waals surface area contributed by atoms with Crippen molar-refractivity contribution >= 4 is 22.4 Å². The van der Waals surface area contributed by atoms with Crippen LogP contribution >= 0.6 is 11.6 Å². The molecule has 0 fully saturated rings. The van der Waals surface area contributed by atoms with Gasteiger partial charge in [0.05, 0.1) is 6.10 Å². The Morgan fingerprint density at radius 2 is 2.13 bits per heavy atom. The molecule has 1 atom stereocenters. The van der Waals surface area contributed by atoms with E-state index in [2.05, 4.69) is 4.98 Å². The minimum absolute atomic E-state index is 0.236. The molecule has 0 bridgehead atoms. The molecule has 2 N–H and O–H groups in total. The number of halogens is 1. The van der Waals surface area contributed by atoms with E-state index in [1.165, 1.54) is 0 Å². The molecule has 1 aromatic carbocycles. The summed E-state index contributed by atoms with van der Waals surface area (Å²) >= 11 is 5.76. The molecule has 0 aliphatic rings. The topological polar surface area (TPSA) is 53.1 Å². The van der Waals surface area contributed by atoms with E-state index >= 15 is 0 Å². The summed E-state index contributed by atoms with van der Waals surface area (Å²) in [5.41, 5.74) is 0.473. The molecule has 15 heavy (non-hydrogen) atoms. The highest BCUT2D eigenvalue weighted by Gasteiger charge is 2.08. The van der Waals surface area contributed by atoms with Crippen molar-refractivity contribution in [3.63, 3.8) is 0 Å². The van der Waals surface area contributed by atoms with Gasteiger partial charge >= 0.3 is 0 Å². The Bertz CT molecular complexity index is 560. The van der Waals surface area contributed by atoms with Crippen LogP contribution in [0.15, 0.2) is 29.1 Å². The zero-order valence-electron chi connectivity index (χ0n) is 8.12. The third-order valence-corrected chi connectivity index (χ3v) is 2.54.